The van der Waals surface area contributed by atoms with E-state index in [-0.39, 0.29) is 16.9 Å². The van der Waals surface area contributed by atoms with Crippen LogP contribution in [0.15, 0.2) is 35.7 Å². The number of esters is 1. The maximum absolute atomic E-state index is 11.6. The molecule has 0 radical (unpaired) electrons. The average Bonchev–Trinajstić information content (AvgIpc) is 2.62. The minimum atomic E-state index is -0.518. The first kappa shape index (κ1) is 20.5. The molecule has 0 spiro atoms. The molecule has 1 unspecified atom stereocenters. The quantitative estimate of drug-likeness (QED) is 0.379. The number of ether oxygens (including phenoxy) is 1. The van der Waals surface area contributed by atoms with Gasteiger partial charge in [0.05, 0.1) is 12.7 Å². The number of ketones is 1. The monoisotopic (exact) mass is 360 g/mol. The van der Waals surface area contributed by atoms with Gasteiger partial charge in [-0.3, -0.25) is 4.79 Å². The maximum atomic E-state index is 11.6. The number of hydrogen-bond donors (Lipinski definition) is 1. The molecule has 0 saturated carbocycles. The molecule has 0 aromatic carbocycles. The Labute approximate surface area is 153 Å². The van der Waals surface area contributed by atoms with Gasteiger partial charge in [-0.15, -0.1) is 0 Å². The number of carbonyl (C=O) groups is 2. The highest BCUT2D eigenvalue weighted by Crippen LogP contribution is 2.16. The van der Waals surface area contributed by atoms with Crippen LogP contribution in [0.3, 0.4) is 0 Å². The third-order valence-electron chi connectivity index (χ3n) is 3.29. The molecule has 0 amide bonds. The van der Waals surface area contributed by atoms with E-state index in [4.69, 9.17) is 11.6 Å². The summed E-state index contributed by atoms with van der Waals surface area (Å²) in [4.78, 5) is 27.1. The lowest BCUT2D eigenvalue weighted by Gasteiger charge is -2.17. The molecule has 0 bridgehead atoms. The van der Waals surface area contributed by atoms with Crippen molar-refractivity contribution in [1.29, 1.82) is 0 Å². The van der Waals surface area contributed by atoms with E-state index in [1.54, 1.807) is 12.3 Å². The number of halogens is 1. The zero-order valence-corrected chi connectivity index (χ0v) is 15.7. The van der Waals surface area contributed by atoms with Crippen LogP contribution in [0.5, 0.6) is 0 Å². The highest BCUT2D eigenvalue weighted by atomic mass is 35.5. The fourth-order valence-electron chi connectivity index (χ4n) is 2.03. The summed E-state index contributed by atoms with van der Waals surface area (Å²) < 4.78 is 4.69. The topological polar surface area (TPSA) is 68.3 Å². The summed E-state index contributed by atoms with van der Waals surface area (Å²) in [7, 11) is 1.34. The number of nitrogens with one attached hydrogen (secondary N) is 1. The van der Waals surface area contributed by atoms with Gasteiger partial charge in [0, 0.05) is 23.5 Å². The number of dihydropyridines is 1. The highest BCUT2D eigenvalue weighted by molar-refractivity contribution is 6.29. The van der Waals surface area contributed by atoms with Gasteiger partial charge in [-0.2, -0.15) is 0 Å². The van der Waals surface area contributed by atoms with Gasteiger partial charge in [0.15, 0.2) is 5.78 Å². The summed E-state index contributed by atoms with van der Waals surface area (Å²) in [5.41, 5.74) is 2.49. The summed E-state index contributed by atoms with van der Waals surface area (Å²) in [5, 5.41) is 3.16. The fourth-order valence-corrected chi connectivity index (χ4v) is 2.19. The van der Waals surface area contributed by atoms with E-state index >= 15 is 0 Å². The van der Waals surface area contributed by atoms with Crippen LogP contribution in [0.4, 0.5) is 0 Å². The highest BCUT2D eigenvalue weighted by Gasteiger charge is 2.19. The lowest BCUT2D eigenvalue weighted by atomic mass is 10.0. The van der Waals surface area contributed by atoms with E-state index < -0.39 is 6.04 Å². The summed E-state index contributed by atoms with van der Waals surface area (Å²) in [5.74, 6) is 5.40. The molecule has 1 atom stereocenters. The molecule has 2 heterocycles. The molecule has 1 aromatic rings. The molecule has 1 aromatic heterocycles. The van der Waals surface area contributed by atoms with Crippen molar-refractivity contribution in [2.45, 2.75) is 33.7 Å². The van der Waals surface area contributed by atoms with Crippen molar-refractivity contribution in [2.24, 2.45) is 0 Å². The van der Waals surface area contributed by atoms with Gasteiger partial charge in [-0.1, -0.05) is 37.3 Å². The van der Waals surface area contributed by atoms with Crippen LogP contribution in [0.25, 0.3) is 0 Å². The number of aromatic nitrogens is 1. The van der Waals surface area contributed by atoms with Gasteiger partial charge in [0.25, 0.3) is 0 Å². The third-order valence-corrected chi connectivity index (χ3v) is 3.49. The van der Waals surface area contributed by atoms with E-state index in [0.717, 1.165) is 11.1 Å². The second-order valence-corrected chi connectivity index (χ2v) is 5.32. The van der Waals surface area contributed by atoms with Gasteiger partial charge in [-0.05, 0) is 31.6 Å². The Hall–Kier alpha value is -2.58. The van der Waals surface area contributed by atoms with Crippen LogP contribution in [-0.4, -0.2) is 29.9 Å². The second-order valence-electron chi connectivity index (χ2n) is 4.93. The Balaban J connectivity index is 0.00000151. The number of hydrogen-bond acceptors (Lipinski definition) is 5. The van der Waals surface area contributed by atoms with Crippen LogP contribution in [0.1, 0.15) is 43.6 Å². The summed E-state index contributed by atoms with van der Waals surface area (Å²) in [6.45, 7) is 7.30. The molecule has 6 heteroatoms. The predicted octanol–water partition coefficient (Wildman–Crippen LogP) is 3.29. The largest absolute Gasteiger partial charge is 0.467 e. The standard InChI is InChI=1S/C17H15ClN2O3.C2H6/c1-10-6-15(17(22)23-3)19-8-12(10)4-5-13-9-20-16(18)7-14(13)11(2)21;1-2/h6-9,15,19H,1-3H3;1-2H3. The Morgan fingerprint density at radius 1 is 1.32 bits per heavy atom. The van der Waals surface area contributed by atoms with Crippen molar-refractivity contribution >= 4 is 23.4 Å². The van der Waals surface area contributed by atoms with Gasteiger partial charge in [0.1, 0.15) is 11.2 Å². The summed E-state index contributed by atoms with van der Waals surface area (Å²) in [6, 6.07) is 0.979. The molecule has 0 fully saturated rings. The van der Waals surface area contributed by atoms with Gasteiger partial charge >= 0.3 is 5.97 Å². The van der Waals surface area contributed by atoms with Crippen molar-refractivity contribution in [1.82, 2.24) is 10.3 Å². The zero-order chi connectivity index (χ0) is 19.0. The second kappa shape index (κ2) is 9.65. The van der Waals surface area contributed by atoms with Crippen LogP contribution in [0.2, 0.25) is 5.15 Å². The zero-order valence-electron chi connectivity index (χ0n) is 14.9. The van der Waals surface area contributed by atoms with Crippen LogP contribution >= 0.6 is 11.6 Å². The first-order valence-electron chi connectivity index (χ1n) is 7.83. The molecule has 132 valence electrons. The number of pyridine rings is 1. The fraction of sp³-hybridized carbons (Fsp3) is 0.316. The molecule has 1 N–H and O–H groups in total. The number of Topliss-reactive ketones (excluding diaryl/α,β-unsaturated/α-hetero) is 1. The lowest BCUT2D eigenvalue weighted by Crippen LogP contribution is -2.35. The van der Waals surface area contributed by atoms with Crippen molar-refractivity contribution in [3.63, 3.8) is 0 Å². The number of allylic oxidation sites excluding steroid dienone is 2. The Morgan fingerprint density at radius 3 is 2.56 bits per heavy atom. The van der Waals surface area contributed by atoms with Gasteiger partial charge < -0.3 is 10.1 Å². The average molecular weight is 361 g/mol. The minimum absolute atomic E-state index is 0.132. The smallest absolute Gasteiger partial charge is 0.332 e. The molecule has 1 aliphatic heterocycles. The van der Waals surface area contributed by atoms with Crippen LogP contribution in [-0.2, 0) is 9.53 Å². The van der Waals surface area contributed by atoms with Crippen molar-refractivity contribution < 1.29 is 14.3 Å². The van der Waals surface area contributed by atoms with Gasteiger partial charge in [-0.25, -0.2) is 9.78 Å². The van der Waals surface area contributed by atoms with Crippen molar-refractivity contribution in [2.75, 3.05) is 7.11 Å². The number of nitrogens with zero attached hydrogens (tertiary/aromatic N) is 1. The predicted molar refractivity (Wildman–Crippen MR) is 98.3 cm³/mol. The molecule has 25 heavy (non-hydrogen) atoms. The molecular weight excluding hydrogens is 340 g/mol. The van der Waals surface area contributed by atoms with E-state index in [1.165, 1.54) is 26.3 Å². The van der Waals surface area contributed by atoms with E-state index in [2.05, 4.69) is 26.9 Å². The number of carbonyl (C=O) groups excluding carboxylic acids is 2. The van der Waals surface area contributed by atoms with E-state index in [9.17, 15) is 9.59 Å². The first-order valence-corrected chi connectivity index (χ1v) is 8.21. The Bertz CT molecular complexity index is 786. The van der Waals surface area contributed by atoms with Crippen molar-refractivity contribution in [3.05, 3.63) is 52.0 Å². The third kappa shape index (κ3) is 5.47. The number of rotatable bonds is 2. The van der Waals surface area contributed by atoms with Gasteiger partial charge in [0.2, 0.25) is 0 Å². The first-order chi connectivity index (χ1) is 11.9. The lowest BCUT2D eigenvalue weighted by molar-refractivity contribution is -0.141. The maximum Gasteiger partial charge on any atom is 0.332 e. The van der Waals surface area contributed by atoms with Crippen LogP contribution < -0.4 is 5.32 Å². The SMILES string of the molecule is CC.COC(=O)C1C=C(C)C(C#Cc2cnc(Cl)cc2C(C)=O)=CN1. The summed E-state index contributed by atoms with van der Waals surface area (Å²) >= 11 is 5.81. The molecular formula is C19H21ClN2O3. The molecule has 0 saturated heterocycles. The van der Waals surface area contributed by atoms with Crippen LogP contribution in [0, 0.1) is 11.8 Å². The van der Waals surface area contributed by atoms with Crippen molar-refractivity contribution in [3.8, 4) is 11.8 Å². The molecule has 1 aliphatic rings. The Morgan fingerprint density at radius 2 is 2.00 bits per heavy atom. The van der Waals surface area contributed by atoms with E-state index in [0.29, 0.717) is 11.1 Å². The minimum Gasteiger partial charge on any atom is -0.467 e. The molecule has 2 rings (SSSR count). The Kier molecular flexibility index (Phi) is 7.90. The summed E-state index contributed by atoms with van der Waals surface area (Å²) in [6.07, 6.45) is 4.86. The van der Waals surface area contributed by atoms with E-state index in [1.807, 2.05) is 20.8 Å². The molecule has 0 aliphatic carbocycles. The number of methoxy groups -OCH3 is 1. The molecule has 5 nitrogen and oxygen atoms in total. The normalized spacial score (nSPS) is 15.2.